The first-order valence-electron chi connectivity index (χ1n) is 7.39. The topological polar surface area (TPSA) is 79.1 Å². The molecule has 128 valence electrons. The molecule has 0 aliphatic rings. The van der Waals surface area contributed by atoms with Crippen LogP contribution in [0.1, 0.15) is 10.4 Å². The average molecular weight is 403 g/mol. The number of benzene rings is 2. The van der Waals surface area contributed by atoms with E-state index >= 15 is 0 Å². The van der Waals surface area contributed by atoms with Gasteiger partial charge in [-0.05, 0) is 47.7 Å². The van der Waals surface area contributed by atoms with Gasteiger partial charge in [-0.3, -0.25) is 4.79 Å². The molecule has 1 heterocycles. The molecule has 3 rings (SSSR count). The second kappa shape index (κ2) is 7.43. The Kier molecular flexibility index (Phi) is 5.08. The number of hydrogen-bond donors (Lipinski definition) is 0. The Bertz CT molecular complexity index is 893. The number of nitrogens with zero attached hydrogens (tertiary/aromatic N) is 4. The molecule has 0 bridgehead atoms. The highest BCUT2D eigenvalue weighted by Gasteiger charge is 2.16. The number of ketones is 1. The van der Waals surface area contributed by atoms with Gasteiger partial charge in [-0.2, -0.15) is 4.80 Å². The van der Waals surface area contributed by atoms with Crippen LogP contribution in [0, 0.1) is 0 Å². The van der Waals surface area contributed by atoms with Gasteiger partial charge in [-0.15, -0.1) is 10.2 Å². The van der Waals surface area contributed by atoms with Crippen LogP contribution in [0.3, 0.4) is 0 Å². The summed E-state index contributed by atoms with van der Waals surface area (Å²) in [6, 6.07) is 12.6. The molecule has 8 heteroatoms. The molecule has 0 radical (unpaired) electrons. The summed E-state index contributed by atoms with van der Waals surface area (Å²) in [5.41, 5.74) is 1.23. The minimum Gasteiger partial charge on any atom is -0.497 e. The molecule has 25 heavy (non-hydrogen) atoms. The van der Waals surface area contributed by atoms with Crippen LogP contribution >= 0.6 is 15.9 Å². The summed E-state index contributed by atoms with van der Waals surface area (Å²) in [7, 11) is 3.05. The third-order valence-corrected chi connectivity index (χ3v) is 4.08. The highest BCUT2D eigenvalue weighted by atomic mass is 79.9. The number of hydrogen-bond acceptors (Lipinski definition) is 6. The fourth-order valence-electron chi connectivity index (χ4n) is 2.27. The zero-order chi connectivity index (χ0) is 17.8. The van der Waals surface area contributed by atoms with Gasteiger partial charge in [-0.1, -0.05) is 15.9 Å². The van der Waals surface area contributed by atoms with Crippen molar-refractivity contribution in [3.8, 4) is 22.9 Å². The molecule has 1 aromatic heterocycles. The first-order valence-corrected chi connectivity index (χ1v) is 8.19. The predicted octanol–water partition coefficient (Wildman–Crippen LogP) is 3.00. The van der Waals surface area contributed by atoms with Gasteiger partial charge in [0.05, 0.1) is 19.8 Å². The molecular weight excluding hydrogens is 388 g/mol. The van der Waals surface area contributed by atoms with E-state index in [1.807, 2.05) is 24.3 Å². The summed E-state index contributed by atoms with van der Waals surface area (Å²) < 4.78 is 11.4. The van der Waals surface area contributed by atoms with Crippen molar-refractivity contribution in [1.82, 2.24) is 20.2 Å². The fraction of sp³-hybridized carbons (Fsp3) is 0.176. The second-order valence-corrected chi connectivity index (χ2v) is 6.06. The van der Waals surface area contributed by atoms with Gasteiger partial charge >= 0.3 is 0 Å². The van der Waals surface area contributed by atoms with E-state index < -0.39 is 0 Å². The van der Waals surface area contributed by atoms with Crippen molar-refractivity contribution in [3.05, 3.63) is 52.5 Å². The van der Waals surface area contributed by atoms with Crippen LogP contribution in [0.5, 0.6) is 11.5 Å². The van der Waals surface area contributed by atoms with E-state index in [-0.39, 0.29) is 12.3 Å². The molecule has 0 unspecified atom stereocenters. The van der Waals surface area contributed by atoms with Crippen LogP contribution in [0.2, 0.25) is 0 Å². The Hall–Kier alpha value is -2.74. The van der Waals surface area contributed by atoms with Gasteiger partial charge in [0.25, 0.3) is 0 Å². The minimum atomic E-state index is -0.199. The van der Waals surface area contributed by atoms with Crippen molar-refractivity contribution in [2.45, 2.75) is 6.54 Å². The number of carbonyl (C=O) groups is 1. The molecule has 0 spiro atoms. The van der Waals surface area contributed by atoms with Gasteiger partial charge in [0.15, 0.2) is 5.78 Å². The minimum absolute atomic E-state index is 0.0486. The van der Waals surface area contributed by atoms with Crippen LogP contribution in [0.25, 0.3) is 11.4 Å². The Balaban J connectivity index is 1.81. The highest BCUT2D eigenvalue weighted by Crippen LogP contribution is 2.25. The van der Waals surface area contributed by atoms with Crippen molar-refractivity contribution in [3.63, 3.8) is 0 Å². The maximum atomic E-state index is 12.6. The molecule has 0 amide bonds. The van der Waals surface area contributed by atoms with Gasteiger partial charge in [0.1, 0.15) is 18.0 Å². The lowest BCUT2D eigenvalue weighted by Crippen LogP contribution is -2.14. The van der Waals surface area contributed by atoms with E-state index in [4.69, 9.17) is 9.47 Å². The maximum absolute atomic E-state index is 12.6. The summed E-state index contributed by atoms with van der Waals surface area (Å²) in [4.78, 5) is 13.8. The summed E-state index contributed by atoms with van der Waals surface area (Å²) in [5, 5.41) is 12.2. The first kappa shape index (κ1) is 17.1. The Morgan fingerprint density at radius 3 is 2.56 bits per heavy atom. The summed E-state index contributed by atoms with van der Waals surface area (Å²) in [6.45, 7) is -0.0486. The normalized spacial score (nSPS) is 10.5. The smallest absolute Gasteiger partial charge is 0.204 e. The van der Waals surface area contributed by atoms with Gasteiger partial charge in [0, 0.05) is 10.0 Å². The number of rotatable bonds is 6. The van der Waals surface area contributed by atoms with Crippen molar-refractivity contribution < 1.29 is 14.3 Å². The van der Waals surface area contributed by atoms with Gasteiger partial charge < -0.3 is 9.47 Å². The number of carbonyl (C=O) groups excluding carboxylic acids is 1. The first-order chi connectivity index (χ1) is 12.1. The zero-order valence-corrected chi connectivity index (χ0v) is 15.2. The average Bonchev–Trinajstić information content (AvgIpc) is 3.10. The van der Waals surface area contributed by atoms with E-state index in [1.54, 1.807) is 25.3 Å². The van der Waals surface area contributed by atoms with Crippen LogP contribution in [0.4, 0.5) is 0 Å². The predicted molar refractivity (Wildman–Crippen MR) is 94.8 cm³/mol. The molecule has 7 nitrogen and oxygen atoms in total. The molecule has 0 aliphatic carbocycles. The van der Waals surface area contributed by atoms with E-state index in [0.29, 0.717) is 22.9 Å². The van der Waals surface area contributed by atoms with Gasteiger partial charge in [-0.25, -0.2) is 0 Å². The largest absolute Gasteiger partial charge is 0.497 e. The van der Waals surface area contributed by atoms with E-state index in [0.717, 1.165) is 10.0 Å². The van der Waals surface area contributed by atoms with Crippen LogP contribution in [-0.2, 0) is 6.54 Å². The second-order valence-electron chi connectivity index (χ2n) is 5.14. The SMILES string of the molecule is COc1ccc(OC)c(C(=O)Cn2nnc(-c3ccc(Br)cc3)n2)c1. The lowest BCUT2D eigenvalue weighted by atomic mass is 10.1. The number of aromatic nitrogens is 4. The summed E-state index contributed by atoms with van der Waals surface area (Å²) in [5.74, 6) is 1.30. The molecule has 0 atom stereocenters. The molecule has 3 aromatic rings. The van der Waals surface area contributed by atoms with E-state index in [1.165, 1.54) is 11.9 Å². The lowest BCUT2D eigenvalue weighted by Gasteiger charge is -2.09. The molecule has 0 fully saturated rings. The fourth-order valence-corrected chi connectivity index (χ4v) is 2.53. The van der Waals surface area contributed by atoms with E-state index in [2.05, 4.69) is 31.3 Å². The number of methoxy groups -OCH3 is 2. The molecular formula is C17H15BrN4O3. The Morgan fingerprint density at radius 1 is 1.12 bits per heavy atom. The van der Waals surface area contributed by atoms with Crippen LogP contribution in [0.15, 0.2) is 46.9 Å². The molecule has 0 saturated carbocycles. The van der Waals surface area contributed by atoms with Crippen molar-refractivity contribution in [2.24, 2.45) is 0 Å². The van der Waals surface area contributed by atoms with Crippen molar-refractivity contribution in [1.29, 1.82) is 0 Å². The third-order valence-electron chi connectivity index (χ3n) is 3.55. The molecule has 2 aromatic carbocycles. The van der Waals surface area contributed by atoms with Crippen molar-refractivity contribution in [2.75, 3.05) is 14.2 Å². The number of halogens is 1. The number of ether oxygens (including phenoxy) is 2. The summed E-state index contributed by atoms with van der Waals surface area (Å²) in [6.07, 6.45) is 0. The zero-order valence-electron chi connectivity index (χ0n) is 13.6. The Labute approximate surface area is 152 Å². The Morgan fingerprint density at radius 2 is 1.88 bits per heavy atom. The highest BCUT2D eigenvalue weighted by molar-refractivity contribution is 9.10. The third kappa shape index (κ3) is 3.85. The van der Waals surface area contributed by atoms with Crippen LogP contribution < -0.4 is 9.47 Å². The molecule has 0 N–H and O–H groups in total. The van der Waals surface area contributed by atoms with Crippen molar-refractivity contribution >= 4 is 21.7 Å². The maximum Gasteiger partial charge on any atom is 0.204 e. The monoisotopic (exact) mass is 402 g/mol. The number of tetrazole rings is 1. The summed E-state index contributed by atoms with van der Waals surface area (Å²) >= 11 is 3.38. The molecule has 0 saturated heterocycles. The van der Waals surface area contributed by atoms with E-state index in [9.17, 15) is 4.79 Å². The number of Topliss-reactive ketones (excluding diaryl/α,β-unsaturated/α-hetero) is 1. The lowest BCUT2D eigenvalue weighted by molar-refractivity contribution is 0.0958. The standard InChI is InChI=1S/C17H15BrN4O3/c1-24-13-7-8-16(25-2)14(9-13)15(23)10-22-20-17(19-21-22)11-3-5-12(18)6-4-11/h3-9H,10H2,1-2H3. The van der Waals surface area contributed by atoms with Crippen LogP contribution in [-0.4, -0.2) is 40.2 Å². The van der Waals surface area contributed by atoms with Gasteiger partial charge in [0.2, 0.25) is 5.82 Å². The molecule has 0 aliphatic heterocycles. The quantitative estimate of drug-likeness (QED) is 0.589.